The van der Waals surface area contributed by atoms with Gasteiger partial charge in [-0.3, -0.25) is 4.79 Å². The minimum absolute atomic E-state index is 0.0876. The van der Waals surface area contributed by atoms with Crippen LogP contribution in [-0.2, 0) is 0 Å². The van der Waals surface area contributed by atoms with Crippen molar-refractivity contribution < 1.29 is 9.18 Å². The fourth-order valence-corrected chi connectivity index (χ4v) is 2.46. The van der Waals surface area contributed by atoms with E-state index in [0.29, 0.717) is 13.1 Å². The first kappa shape index (κ1) is 11.2. The summed E-state index contributed by atoms with van der Waals surface area (Å²) in [6.07, 6.45) is 1.01. The van der Waals surface area contributed by atoms with Crippen molar-refractivity contribution in [2.75, 3.05) is 30.3 Å². The van der Waals surface area contributed by atoms with Gasteiger partial charge in [0.15, 0.2) is 0 Å². The number of hydrogen-bond acceptors (Lipinski definition) is 4. The Hall–Kier alpha value is -1.30. The lowest BCUT2D eigenvalue weighted by molar-refractivity contribution is 0.0772. The largest absolute Gasteiger partial charge is 0.383 e. The molecule has 0 radical (unpaired) electrons. The number of rotatable bonds is 1. The van der Waals surface area contributed by atoms with E-state index in [4.69, 9.17) is 5.73 Å². The van der Waals surface area contributed by atoms with Gasteiger partial charge in [-0.1, -0.05) is 0 Å². The van der Waals surface area contributed by atoms with Crippen molar-refractivity contribution in [1.82, 2.24) is 9.88 Å². The standard InChI is InChI=1S/C10H12FN3OS/c11-7-5-8(9(12)13-6-7)10(15)14-1-3-16-4-2-14/h5-6H,1-4H2,(H2,12,13). The van der Waals surface area contributed by atoms with Crippen LogP contribution >= 0.6 is 11.8 Å². The average Bonchev–Trinajstić information content (AvgIpc) is 2.32. The van der Waals surface area contributed by atoms with Crippen LogP contribution in [0.25, 0.3) is 0 Å². The maximum absolute atomic E-state index is 13.0. The number of pyridine rings is 1. The van der Waals surface area contributed by atoms with Gasteiger partial charge in [0.1, 0.15) is 11.6 Å². The molecule has 1 aromatic rings. The summed E-state index contributed by atoms with van der Waals surface area (Å²) in [5.74, 6) is 1.14. The molecule has 6 heteroatoms. The highest BCUT2D eigenvalue weighted by molar-refractivity contribution is 7.99. The van der Waals surface area contributed by atoms with Gasteiger partial charge in [0.05, 0.1) is 11.8 Å². The fourth-order valence-electron chi connectivity index (χ4n) is 1.56. The van der Waals surface area contributed by atoms with Crippen molar-refractivity contribution in [3.05, 3.63) is 23.6 Å². The Morgan fingerprint density at radius 1 is 1.50 bits per heavy atom. The lowest BCUT2D eigenvalue weighted by Crippen LogP contribution is -2.38. The van der Waals surface area contributed by atoms with Gasteiger partial charge in [-0.2, -0.15) is 11.8 Å². The van der Waals surface area contributed by atoms with E-state index in [-0.39, 0.29) is 17.3 Å². The average molecular weight is 241 g/mol. The number of nitrogens with zero attached hydrogens (tertiary/aromatic N) is 2. The van der Waals surface area contributed by atoms with Crippen molar-refractivity contribution in [3.8, 4) is 0 Å². The molecule has 1 aliphatic heterocycles. The van der Waals surface area contributed by atoms with Crippen molar-refractivity contribution in [3.63, 3.8) is 0 Å². The summed E-state index contributed by atoms with van der Waals surface area (Å²) in [6.45, 7) is 1.36. The smallest absolute Gasteiger partial charge is 0.257 e. The molecule has 0 spiro atoms. The molecule has 0 saturated carbocycles. The lowest BCUT2D eigenvalue weighted by Gasteiger charge is -2.26. The number of carbonyl (C=O) groups excluding carboxylic acids is 1. The number of aromatic nitrogens is 1. The van der Waals surface area contributed by atoms with Crippen LogP contribution in [0.5, 0.6) is 0 Å². The van der Waals surface area contributed by atoms with E-state index in [1.54, 1.807) is 16.7 Å². The molecule has 1 fully saturated rings. The predicted octanol–water partition coefficient (Wildman–Crippen LogP) is 0.992. The van der Waals surface area contributed by atoms with Crippen LogP contribution in [0.4, 0.5) is 10.2 Å². The molecule has 2 heterocycles. The van der Waals surface area contributed by atoms with E-state index in [9.17, 15) is 9.18 Å². The molecule has 0 aromatic carbocycles. The Balaban J connectivity index is 2.22. The molecule has 2 rings (SSSR count). The van der Waals surface area contributed by atoms with Gasteiger partial charge in [-0.15, -0.1) is 0 Å². The molecule has 16 heavy (non-hydrogen) atoms. The third kappa shape index (κ3) is 2.27. The summed E-state index contributed by atoms with van der Waals surface area (Å²) < 4.78 is 13.0. The molecule has 0 bridgehead atoms. The van der Waals surface area contributed by atoms with Gasteiger partial charge in [0, 0.05) is 24.6 Å². The Morgan fingerprint density at radius 2 is 2.19 bits per heavy atom. The zero-order chi connectivity index (χ0) is 11.5. The lowest BCUT2D eigenvalue weighted by atomic mass is 10.2. The summed E-state index contributed by atoms with van der Waals surface area (Å²) in [5.41, 5.74) is 5.73. The Bertz CT molecular complexity index is 407. The first-order valence-corrected chi connectivity index (χ1v) is 6.12. The summed E-state index contributed by atoms with van der Waals surface area (Å²) in [4.78, 5) is 17.3. The SMILES string of the molecule is Nc1ncc(F)cc1C(=O)N1CCSCC1. The number of nitrogens with two attached hydrogens (primary N) is 1. The topological polar surface area (TPSA) is 59.2 Å². The Morgan fingerprint density at radius 3 is 2.88 bits per heavy atom. The highest BCUT2D eigenvalue weighted by Gasteiger charge is 2.21. The maximum atomic E-state index is 13.0. The first-order valence-electron chi connectivity index (χ1n) is 4.96. The second-order valence-corrected chi connectivity index (χ2v) is 4.72. The Kier molecular flexibility index (Phi) is 3.28. The van der Waals surface area contributed by atoms with Crippen molar-refractivity contribution in [1.29, 1.82) is 0 Å². The van der Waals surface area contributed by atoms with Crippen LogP contribution < -0.4 is 5.73 Å². The molecule has 4 nitrogen and oxygen atoms in total. The molecule has 1 aliphatic rings. The van der Waals surface area contributed by atoms with E-state index >= 15 is 0 Å². The van der Waals surface area contributed by atoms with E-state index in [1.807, 2.05) is 0 Å². The molecule has 0 unspecified atom stereocenters. The zero-order valence-electron chi connectivity index (χ0n) is 8.65. The minimum Gasteiger partial charge on any atom is -0.383 e. The number of nitrogen functional groups attached to an aromatic ring is 1. The molecular formula is C10H12FN3OS. The van der Waals surface area contributed by atoms with Gasteiger partial charge in [-0.05, 0) is 6.07 Å². The van der Waals surface area contributed by atoms with E-state index < -0.39 is 5.82 Å². The van der Waals surface area contributed by atoms with Gasteiger partial charge >= 0.3 is 0 Å². The van der Waals surface area contributed by atoms with Crippen molar-refractivity contribution >= 4 is 23.5 Å². The number of amides is 1. The molecule has 0 atom stereocenters. The quantitative estimate of drug-likeness (QED) is 0.796. The van der Waals surface area contributed by atoms with Gasteiger partial charge in [0.25, 0.3) is 5.91 Å². The van der Waals surface area contributed by atoms with Gasteiger partial charge in [-0.25, -0.2) is 9.37 Å². The van der Waals surface area contributed by atoms with Crippen molar-refractivity contribution in [2.24, 2.45) is 0 Å². The monoisotopic (exact) mass is 241 g/mol. The first-order chi connectivity index (χ1) is 7.68. The number of thioether (sulfide) groups is 1. The summed E-state index contributed by atoms with van der Waals surface area (Å²) >= 11 is 1.80. The van der Waals surface area contributed by atoms with E-state index in [1.165, 1.54) is 0 Å². The van der Waals surface area contributed by atoms with Gasteiger partial charge < -0.3 is 10.6 Å². The van der Waals surface area contributed by atoms with Crippen LogP contribution in [0, 0.1) is 5.82 Å². The Labute approximate surface area is 97.0 Å². The predicted molar refractivity (Wildman–Crippen MR) is 61.8 cm³/mol. The second-order valence-electron chi connectivity index (χ2n) is 3.49. The number of hydrogen-bond donors (Lipinski definition) is 1. The summed E-state index contributed by atoms with van der Waals surface area (Å²) in [6, 6.07) is 1.15. The number of halogens is 1. The summed E-state index contributed by atoms with van der Waals surface area (Å²) in [5, 5.41) is 0. The van der Waals surface area contributed by atoms with Crippen LogP contribution in [-0.4, -0.2) is 40.4 Å². The normalized spacial score (nSPS) is 16.2. The van der Waals surface area contributed by atoms with Crippen LogP contribution in [0.3, 0.4) is 0 Å². The molecule has 1 aromatic heterocycles. The molecular weight excluding hydrogens is 229 g/mol. The molecule has 1 amide bonds. The van der Waals surface area contributed by atoms with Gasteiger partial charge in [0.2, 0.25) is 0 Å². The van der Waals surface area contributed by atoms with Crippen LogP contribution in [0.2, 0.25) is 0 Å². The van der Waals surface area contributed by atoms with Crippen LogP contribution in [0.15, 0.2) is 12.3 Å². The summed E-state index contributed by atoms with van der Waals surface area (Å²) in [7, 11) is 0. The van der Waals surface area contributed by atoms with E-state index in [0.717, 1.165) is 23.8 Å². The number of anilines is 1. The zero-order valence-corrected chi connectivity index (χ0v) is 9.47. The van der Waals surface area contributed by atoms with E-state index in [2.05, 4.69) is 4.98 Å². The second kappa shape index (κ2) is 4.69. The third-order valence-corrected chi connectivity index (χ3v) is 3.36. The third-order valence-electron chi connectivity index (χ3n) is 2.41. The maximum Gasteiger partial charge on any atom is 0.257 e. The fraction of sp³-hybridized carbons (Fsp3) is 0.400. The number of carbonyl (C=O) groups is 1. The van der Waals surface area contributed by atoms with Crippen molar-refractivity contribution in [2.45, 2.75) is 0 Å². The highest BCUT2D eigenvalue weighted by Crippen LogP contribution is 2.16. The molecule has 0 aliphatic carbocycles. The van der Waals surface area contributed by atoms with Crippen LogP contribution in [0.1, 0.15) is 10.4 Å². The minimum atomic E-state index is -0.538. The molecule has 1 saturated heterocycles. The molecule has 86 valence electrons. The molecule has 2 N–H and O–H groups in total. The highest BCUT2D eigenvalue weighted by atomic mass is 32.2.